The third-order valence-electron chi connectivity index (χ3n) is 4.33. The highest BCUT2D eigenvalue weighted by atomic mass is 32.2. The van der Waals surface area contributed by atoms with Crippen LogP contribution in [-0.2, 0) is 27.5 Å². The summed E-state index contributed by atoms with van der Waals surface area (Å²) in [5, 5.41) is 5.19. The smallest absolute Gasteiger partial charge is 0.366 e. The average Bonchev–Trinajstić information content (AvgIpc) is 2.75. The lowest BCUT2D eigenvalue weighted by molar-refractivity contribution is -0.137. The molecule has 0 aromatic carbocycles. The second kappa shape index (κ2) is 10.3. The summed E-state index contributed by atoms with van der Waals surface area (Å²) in [7, 11) is -2.38. The number of nitrogens with two attached hydrogens (primary N) is 1. The number of amides is 1. The fraction of sp³-hybridized carbons (Fsp3) is 0.200. The third-order valence-corrected chi connectivity index (χ3v) is 5.49. The van der Waals surface area contributed by atoms with E-state index < -0.39 is 33.5 Å². The Hall–Kier alpha value is -3.94. The molecule has 0 aliphatic heterocycles. The Morgan fingerprint density at radius 3 is 2.56 bits per heavy atom. The Balaban J connectivity index is 2.41. The van der Waals surface area contributed by atoms with Gasteiger partial charge in [-0.05, 0) is 18.2 Å². The molecular weight excluding hydrogens is 475 g/mol. The number of alkyl halides is 3. The topological polar surface area (TPSA) is 143 Å². The number of halogens is 3. The van der Waals surface area contributed by atoms with Crippen molar-refractivity contribution >= 4 is 33.5 Å². The molecule has 0 unspecified atom stereocenters. The number of carbonyl (C=O) groups excluding carboxylic acids is 1. The maximum Gasteiger partial charge on any atom is 0.421 e. The highest BCUT2D eigenvalue weighted by molar-refractivity contribution is 7.92. The average molecular weight is 498 g/mol. The Bertz CT molecular complexity index is 1240. The minimum Gasteiger partial charge on any atom is -0.366 e. The van der Waals surface area contributed by atoms with E-state index in [1.807, 2.05) is 0 Å². The van der Waals surface area contributed by atoms with Crippen LogP contribution in [0.2, 0.25) is 0 Å². The lowest BCUT2D eigenvalue weighted by Gasteiger charge is -2.20. The number of rotatable bonds is 10. The Morgan fingerprint density at radius 2 is 2.00 bits per heavy atom. The molecule has 1 amide bonds. The van der Waals surface area contributed by atoms with E-state index in [0.29, 0.717) is 11.8 Å². The van der Waals surface area contributed by atoms with Crippen LogP contribution in [0.5, 0.6) is 0 Å². The molecule has 0 saturated heterocycles. The van der Waals surface area contributed by atoms with Crippen LogP contribution in [0.4, 0.5) is 30.8 Å². The number of hydrogen-bond acceptors (Lipinski definition) is 8. The lowest BCUT2D eigenvalue weighted by Crippen LogP contribution is -2.27. The zero-order valence-electron chi connectivity index (χ0n) is 18.2. The zero-order valence-corrected chi connectivity index (χ0v) is 19.0. The second-order valence-corrected chi connectivity index (χ2v) is 8.86. The van der Waals surface area contributed by atoms with Gasteiger partial charge in [-0.2, -0.15) is 18.2 Å². The van der Waals surface area contributed by atoms with Crippen LogP contribution in [0.1, 0.15) is 11.1 Å². The second-order valence-electron chi connectivity index (χ2n) is 6.84. The number of sulfonamides is 1. The van der Waals surface area contributed by atoms with Crippen LogP contribution in [-0.4, -0.2) is 42.6 Å². The molecule has 0 aliphatic rings. The predicted molar refractivity (Wildman–Crippen MR) is 122 cm³/mol. The first kappa shape index (κ1) is 26.3. The van der Waals surface area contributed by atoms with Crippen molar-refractivity contribution < 1.29 is 26.4 Å². The summed E-state index contributed by atoms with van der Waals surface area (Å²) in [4.78, 5) is 22.7. The first-order chi connectivity index (χ1) is 15.7. The molecule has 34 heavy (non-hydrogen) atoms. The Labute approximate surface area is 194 Å². The number of pyridine rings is 1. The summed E-state index contributed by atoms with van der Waals surface area (Å²) in [6.45, 7) is 6.76. The van der Waals surface area contributed by atoms with E-state index in [-0.39, 0.29) is 29.6 Å². The molecule has 0 atom stereocenters. The van der Waals surface area contributed by atoms with Gasteiger partial charge in [0.25, 0.3) is 0 Å². The molecule has 2 aromatic rings. The first-order valence-corrected chi connectivity index (χ1v) is 11.2. The van der Waals surface area contributed by atoms with Crippen molar-refractivity contribution in [1.29, 1.82) is 0 Å². The van der Waals surface area contributed by atoms with E-state index in [1.54, 1.807) is 0 Å². The molecule has 14 heteroatoms. The molecule has 0 radical (unpaired) electrons. The third kappa shape index (κ3) is 6.78. The van der Waals surface area contributed by atoms with Crippen molar-refractivity contribution in [3.8, 4) is 0 Å². The summed E-state index contributed by atoms with van der Waals surface area (Å²) >= 11 is 0. The standard InChI is InChI=1S/C20H22F3N7O3S/c1-5-14(9-12(2)16(24)31)28-19-27-11-15(20(21,22)23)17(29-19)26-10-13-7-6-8-25-18(13)30(3)34(4,32)33/h5-9,11H,1-2,10H2,3-4H3,(H2,24,31)(H2,26,27,28,29)/b14-9+. The first-order valence-electron chi connectivity index (χ1n) is 9.39. The number of allylic oxidation sites excluding steroid dienone is 1. The minimum absolute atomic E-state index is 0.0419. The number of aromatic nitrogens is 3. The summed E-state index contributed by atoms with van der Waals surface area (Å²) < 4.78 is 65.3. The van der Waals surface area contributed by atoms with Crippen LogP contribution in [0.15, 0.2) is 61.1 Å². The van der Waals surface area contributed by atoms with Crippen LogP contribution in [0.25, 0.3) is 0 Å². The fourth-order valence-corrected chi connectivity index (χ4v) is 2.98. The van der Waals surface area contributed by atoms with E-state index in [0.717, 1.165) is 10.6 Å². The predicted octanol–water partition coefficient (Wildman–Crippen LogP) is 2.42. The molecule has 2 aromatic heterocycles. The molecule has 0 spiro atoms. The molecule has 0 saturated carbocycles. The Kier molecular flexibility index (Phi) is 8.00. The number of hydrogen-bond donors (Lipinski definition) is 3. The van der Waals surface area contributed by atoms with Gasteiger partial charge in [0.2, 0.25) is 21.9 Å². The number of nitrogens with zero attached hydrogens (tertiary/aromatic N) is 4. The van der Waals surface area contributed by atoms with Crippen molar-refractivity contribution in [1.82, 2.24) is 15.0 Å². The van der Waals surface area contributed by atoms with Gasteiger partial charge in [0, 0.05) is 42.8 Å². The molecule has 0 bridgehead atoms. The number of nitrogens with one attached hydrogen (secondary N) is 2. The minimum atomic E-state index is -4.78. The number of carbonyl (C=O) groups is 1. The molecule has 2 heterocycles. The van der Waals surface area contributed by atoms with Crippen molar-refractivity contribution in [3.63, 3.8) is 0 Å². The van der Waals surface area contributed by atoms with Crippen LogP contribution < -0.4 is 20.7 Å². The van der Waals surface area contributed by atoms with Crippen molar-refractivity contribution in [2.24, 2.45) is 5.73 Å². The van der Waals surface area contributed by atoms with Crippen LogP contribution in [0.3, 0.4) is 0 Å². The molecule has 182 valence electrons. The molecular formula is C20H22F3N7O3S. The molecule has 4 N–H and O–H groups in total. The highest BCUT2D eigenvalue weighted by Crippen LogP contribution is 2.34. The molecule has 0 aliphatic carbocycles. The molecule has 0 fully saturated rings. The molecule has 10 nitrogen and oxygen atoms in total. The fourth-order valence-electron chi connectivity index (χ4n) is 2.51. The van der Waals surface area contributed by atoms with Gasteiger partial charge in [-0.15, -0.1) is 0 Å². The van der Waals surface area contributed by atoms with Gasteiger partial charge < -0.3 is 16.4 Å². The van der Waals surface area contributed by atoms with Gasteiger partial charge in [-0.25, -0.2) is 18.4 Å². The molecule has 2 rings (SSSR count). The van der Waals surface area contributed by atoms with E-state index >= 15 is 0 Å². The van der Waals surface area contributed by atoms with Gasteiger partial charge in [0.1, 0.15) is 17.2 Å². The number of anilines is 3. The van der Waals surface area contributed by atoms with Gasteiger partial charge in [0.05, 0.1) is 6.26 Å². The maximum atomic E-state index is 13.5. The van der Waals surface area contributed by atoms with Gasteiger partial charge in [-0.3, -0.25) is 9.10 Å². The largest absolute Gasteiger partial charge is 0.421 e. The van der Waals surface area contributed by atoms with Crippen molar-refractivity contribution in [3.05, 3.63) is 72.2 Å². The SMILES string of the molecule is C=C/C(=C\C(=C)C(N)=O)Nc1ncc(C(F)(F)F)c(NCc2cccnc2N(C)S(C)(=O)=O)n1. The van der Waals surface area contributed by atoms with Crippen LogP contribution in [0, 0.1) is 0 Å². The van der Waals surface area contributed by atoms with Gasteiger partial charge in [-0.1, -0.05) is 19.2 Å². The quantitative estimate of drug-likeness (QED) is 0.335. The maximum absolute atomic E-state index is 13.5. The van der Waals surface area contributed by atoms with Gasteiger partial charge in [0.15, 0.2) is 0 Å². The summed E-state index contributed by atoms with van der Waals surface area (Å²) in [5.41, 5.74) is 4.37. The number of primary amides is 1. The summed E-state index contributed by atoms with van der Waals surface area (Å²) in [5.74, 6) is -1.57. The summed E-state index contributed by atoms with van der Waals surface area (Å²) in [6, 6.07) is 3.03. The van der Waals surface area contributed by atoms with Crippen LogP contribution >= 0.6 is 0 Å². The van der Waals surface area contributed by atoms with Crippen molar-refractivity contribution in [2.75, 3.05) is 28.2 Å². The van der Waals surface area contributed by atoms with Gasteiger partial charge >= 0.3 is 6.18 Å². The summed E-state index contributed by atoms with van der Waals surface area (Å²) in [6.07, 6.45) is 0.628. The normalized spacial score (nSPS) is 12.1. The van der Waals surface area contributed by atoms with E-state index in [2.05, 4.69) is 38.7 Å². The zero-order chi connectivity index (χ0) is 25.7. The highest BCUT2D eigenvalue weighted by Gasteiger charge is 2.35. The lowest BCUT2D eigenvalue weighted by atomic mass is 10.2. The van der Waals surface area contributed by atoms with Crippen molar-refractivity contribution in [2.45, 2.75) is 12.7 Å². The monoisotopic (exact) mass is 497 g/mol. The van der Waals surface area contributed by atoms with E-state index in [1.165, 1.54) is 37.5 Å². The van der Waals surface area contributed by atoms with E-state index in [9.17, 15) is 26.4 Å². The Morgan fingerprint density at radius 1 is 1.32 bits per heavy atom. The van der Waals surface area contributed by atoms with E-state index in [4.69, 9.17) is 5.73 Å².